The molecule has 0 radical (unpaired) electrons. The summed E-state index contributed by atoms with van der Waals surface area (Å²) in [6, 6.07) is 0. The molecule has 0 spiro atoms. The summed E-state index contributed by atoms with van der Waals surface area (Å²) >= 11 is 2.83. The molecule has 4 rings (SSSR count). The van der Waals surface area contributed by atoms with Crippen molar-refractivity contribution >= 4 is 45.9 Å². The lowest BCUT2D eigenvalue weighted by atomic mass is 9.44. The Kier molecular flexibility index (Phi) is 12.6. The molecule has 0 aromatic carbocycles. The van der Waals surface area contributed by atoms with E-state index in [0.717, 1.165) is 63.7 Å². The number of hydrogen-bond donors (Lipinski definition) is 2. The fraction of sp³-hybridized carbons (Fsp3) is 0.778. The highest BCUT2D eigenvalue weighted by atomic mass is 32.2. The molecular formula is C36H57N3O5S2. The molecular weight excluding hydrogens is 619 g/mol. The van der Waals surface area contributed by atoms with Crippen LogP contribution < -0.4 is 5.32 Å². The van der Waals surface area contributed by atoms with Gasteiger partial charge in [0.25, 0.3) is 0 Å². The minimum Gasteiger partial charge on any atom is -0.461 e. The summed E-state index contributed by atoms with van der Waals surface area (Å²) in [5.74, 6) is 0.464. The number of thiazole rings is 1. The number of amides is 1. The molecule has 3 fully saturated rings. The first-order chi connectivity index (χ1) is 21.8. The Labute approximate surface area is 284 Å². The average Bonchev–Trinajstić information content (AvgIpc) is 3.62. The molecule has 3 aliphatic rings. The second-order valence-electron chi connectivity index (χ2n) is 14.7. The number of carbonyl (C=O) groups is 3. The molecule has 258 valence electrons. The topological polar surface area (TPSA) is 109 Å². The SMILES string of the molecule is C=C[C@]1(C)C[C@@H](OC(=O)CSCc2csc(NC(=O)CN(CCCC)CCCC)n2)[C@]2(C)C(C)CCC3(CCC(=O)C32)[C@@H](C)[C@@H]1O. The zero-order valence-corrected chi connectivity index (χ0v) is 30.6. The molecule has 1 heterocycles. The summed E-state index contributed by atoms with van der Waals surface area (Å²) in [7, 11) is 0. The summed E-state index contributed by atoms with van der Waals surface area (Å²) in [6.45, 7) is 19.1. The molecule has 3 aliphatic carbocycles. The van der Waals surface area contributed by atoms with Crippen LogP contribution in [0.25, 0.3) is 0 Å². The first kappa shape index (κ1) is 37.1. The van der Waals surface area contributed by atoms with Crippen LogP contribution in [0.5, 0.6) is 0 Å². The zero-order valence-electron chi connectivity index (χ0n) is 28.9. The van der Waals surface area contributed by atoms with Crippen molar-refractivity contribution in [2.24, 2.45) is 34.0 Å². The predicted molar refractivity (Wildman–Crippen MR) is 188 cm³/mol. The molecule has 10 heteroatoms. The molecule has 2 bridgehead atoms. The maximum Gasteiger partial charge on any atom is 0.316 e. The van der Waals surface area contributed by atoms with Crippen LogP contribution in [0.2, 0.25) is 0 Å². The standard InChI is InChI=1S/C36H57N3O5S2/c1-8-11-17-39(18-12-9-2)20-29(41)38-33-37-26(22-46-33)21-45-23-30(42)44-28-19-34(6,10-3)32(43)25(5)36-15-13-24(4)35(28,7)31(36)27(40)14-16-36/h10,22,24-25,28,31-32,43H,3,8-9,11-21,23H2,1-2,4-7H3,(H,37,38,41)/t24?,25-,28+,31?,32-,34+,35-,36?/m0/s1. The van der Waals surface area contributed by atoms with Crippen molar-refractivity contribution in [2.45, 2.75) is 117 Å². The summed E-state index contributed by atoms with van der Waals surface area (Å²) < 4.78 is 6.36. The van der Waals surface area contributed by atoms with Gasteiger partial charge in [-0.05, 0) is 68.9 Å². The normalized spacial score (nSPS) is 34.1. The number of ether oxygens (including phenoxy) is 1. The van der Waals surface area contributed by atoms with Crippen LogP contribution in [-0.4, -0.2) is 70.2 Å². The largest absolute Gasteiger partial charge is 0.461 e. The molecule has 1 amide bonds. The average molecular weight is 676 g/mol. The lowest BCUT2D eigenvalue weighted by molar-refractivity contribution is -0.205. The number of hydrogen-bond acceptors (Lipinski definition) is 9. The van der Waals surface area contributed by atoms with Crippen LogP contribution in [0.1, 0.15) is 105 Å². The molecule has 3 unspecified atom stereocenters. The number of anilines is 1. The second kappa shape index (κ2) is 15.6. The van der Waals surface area contributed by atoms with Crippen molar-refractivity contribution in [3.05, 3.63) is 23.7 Å². The highest BCUT2D eigenvalue weighted by molar-refractivity contribution is 7.99. The van der Waals surface area contributed by atoms with E-state index in [0.29, 0.717) is 30.3 Å². The minimum atomic E-state index is -0.679. The van der Waals surface area contributed by atoms with Crippen molar-refractivity contribution in [1.29, 1.82) is 0 Å². The molecule has 8 nitrogen and oxygen atoms in total. The van der Waals surface area contributed by atoms with Crippen LogP contribution >= 0.6 is 23.1 Å². The van der Waals surface area contributed by atoms with Gasteiger partial charge in [0.15, 0.2) is 5.13 Å². The van der Waals surface area contributed by atoms with Gasteiger partial charge in [0.2, 0.25) is 5.91 Å². The predicted octanol–water partition coefficient (Wildman–Crippen LogP) is 7.12. The Morgan fingerprint density at radius 2 is 1.91 bits per heavy atom. The lowest BCUT2D eigenvalue weighted by Gasteiger charge is -2.61. The summed E-state index contributed by atoms with van der Waals surface area (Å²) in [5, 5.41) is 17.2. The molecule has 1 aromatic rings. The van der Waals surface area contributed by atoms with Crippen LogP contribution in [0.3, 0.4) is 0 Å². The third-order valence-electron chi connectivity index (χ3n) is 11.9. The van der Waals surface area contributed by atoms with Crippen molar-refractivity contribution in [2.75, 3.05) is 30.7 Å². The summed E-state index contributed by atoms with van der Waals surface area (Å²) in [4.78, 5) is 46.6. The summed E-state index contributed by atoms with van der Waals surface area (Å²) in [6.07, 6.45) is 8.59. The molecule has 3 saturated carbocycles. The van der Waals surface area contributed by atoms with Crippen molar-refractivity contribution in [3.63, 3.8) is 0 Å². The van der Waals surface area contributed by atoms with E-state index in [-0.39, 0.29) is 46.6 Å². The smallest absolute Gasteiger partial charge is 0.316 e. The van der Waals surface area contributed by atoms with Gasteiger partial charge in [-0.3, -0.25) is 19.3 Å². The molecule has 8 atom stereocenters. The number of nitrogens with zero attached hydrogens (tertiary/aromatic N) is 2. The van der Waals surface area contributed by atoms with E-state index >= 15 is 0 Å². The molecule has 2 N–H and O–H groups in total. The monoisotopic (exact) mass is 675 g/mol. The maximum atomic E-state index is 13.6. The van der Waals surface area contributed by atoms with Crippen LogP contribution in [0.4, 0.5) is 5.13 Å². The van der Waals surface area contributed by atoms with Crippen molar-refractivity contribution in [1.82, 2.24) is 9.88 Å². The van der Waals surface area contributed by atoms with Crippen LogP contribution in [0.15, 0.2) is 18.0 Å². The Bertz CT molecular complexity index is 1230. The Morgan fingerprint density at radius 1 is 1.22 bits per heavy atom. The second-order valence-corrected chi connectivity index (χ2v) is 16.6. The van der Waals surface area contributed by atoms with E-state index in [4.69, 9.17) is 4.74 Å². The molecule has 0 aliphatic heterocycles. The highest BCUT2D eigenvalue weighted by Crippen LogP contribution is 2.68. The number of rotatable bonds is 15. The lowest BCUT2D eigenvalue weighted by Crippen LogP contribution is -2.63. The van der Waals surface area contributed by atoms with Gasteiger partial charge in [0.05, 0.1) is 24.1 Å². The van der Waals surface area contributed by atoms with E-state index in [1.807, 2.05) is 18.4 Å². The molecule has 0 saturated heterocycles. The molecule has 1 aromatic heterocycles. The quantitative estimate of drug-likeness (QED) is 0.149. The number of nitrogens with one attached hydrogen (secondary N) is 1. The first-order valence-electron chi connectivity index (χ1n) is 17.4. The molecule has 46 heavy (non-hydrogen) atoms. The number of esters is 1. The third kappa shape index (κ3) is 7.60. The van der Waals surface area contributed by atoms with Gasteiger partial charge in [-0.1, -0.05) is 60.5 Å². The number of ketones is 1. The van der Waals surface area contributed by atoms with Gasteiger partial charge in [0, 0.05) is 34.3 Å². The Morgan fingerprint density at radius 3 is 2.57 bits per heavy atom. The van der Waals surface area contributed by atoms with E-state index in [1.165, 1.54) is 23.1 Å². The fourth-order valence-electron chi connectivity index (χ4n) is 8.76. The number of aliphatic hydroxyl groups is 1. The number of aliphatic hydroxyl groups excluding tert-OH is 1. The van der Waals surface area contributed by atoms with Gasteiger partial charge in [-0.2, -0.15) is 0 Å². The van der Waals surface area contributed by atoms with Gasteiger partial charge in [-0.15, -0.1) is 29.7 Å². The van der Waals surface area contributed by atoms with E-state index < -0.39 is 23.0 Å². The van der Waals surface area contributed by atoms with Crippen molar-refractivity contribution < 1.29 is 24.2 Å². The number of Topliss-reactive ketones (excluding diaryl/α,β-unsaturated/α-hetero) is 1. The Balaban J connectivity index is 1.38. The van der Waals surface area contributed by atoms with Gasteiger partial charge >= 0.3 is 5.97 Å². The van der Waals surface area contributed by atoms with E-state index in [1.54, 1.807) is 0 Å². The van der Waals surface area contributed by atoms with Crippen LogP contribution in [-0.2, 0) is 24.9 Å². The number of carbonyl (C=O) groups excluding carboxylic acids is 3. The minimum absolute atomic E-state index is 0.0511. The number of aromatic nitrogens is 1. The van der Waals surface area contributed by atoms with Gasteiger partial charge in [0.1, 0.15) is 11.9 Å². The first-order valence-corrected chi connectivity index (χ1v) is 19.5. The number of thioether (sulfide) groups is 1. The maximum absolute atomic E-state index is 13.6. The van der Waals surface area contributed by atoms with E-state index in [2.05, 4.69) is 56.4 Å². The fourth-order valence-corrected chi connectivity index (χ4v) is 10.3. The summed E-state index contributed by atoms with van der Waals surface area (Å²) in [5.41, 5.74) is -0.647. The highest BCUT2D eigenvalue weighted by Gasteiger charge is 2.68. The van der Waals surface area contributed by atoms with E-state index in [9.17, 15) is 19.5 Å². The van der Waals surface area contributed by atoms with Crippen LogP contribution in [0, 0.1) is 34.0 Å². The Hall–Kier alpha value is -1.75. The zero-order chi connectivity index (χ0) is 33.7. The van der Waals surface area contributed by atoms with Gasteiger partial charge < -0.3 is 15.2 Å². The van der Waals surface area contributed by atoms with Crippen molar-refractivity contribution in [3.8, 4) is 0 Å². The third-order valence-corrected chi connectivity index (χ3v) is 13.6. The number of unbranched alkanes of at least 4 members (excludes halogenated alkanes) is 2. The van der Waals surface area contributed by atoms with Gasteiger partial charge in [-0.25, -0.2) is 4.98 Å².